The average Bonchev–Trinajstić information content (AvgIpc) is 1.81. The minimum absolute atomic E-state index is 0.202. The predicted octanol–water partition coefficient (Wildman–Crippen LogP) is 2.29. The molecule has 0 saturated carbocycles. The Hall–Kier alpha value is -0.860. The molecule has 0 spiro atoms. The monoisotopic (exact) mass is 186 g/mol. The third-order valence-electron chi connectivity index (χ3n) is 1.47. The standard InChI is InChI=1S/C7H10O3.C3H8/c1-7(2)3-5(8)10-6(9)4-7;1-3-2/h3-4H2,1-2H3;3H2,1-2H3. The quantitative estimate of drug-likeness (QED) is 0.430. The third kappa shape index (κ3) is 5.39. The Labute approximate surface area is 79.5 Å². The van der Waals surface area contributed by atoms with Crippen LogP contribution in [0.25, 0.3) is 0 Å². The van der Waals surface area contributed by atoms with Gasteiger partial charge in [-0.05, 0) is 5.41 Å². The van der Waals surface area contributed by atoms with Crippen LogP contribution in [0, 0.1) is 5.41 Å². The van der Waals surface area contributed by atoms with E-state index >= 15 is 0 Å². The van der Waals surface area contributed by atoms with E-state index in [1.807, 2.05) is 13.8 Å². The highest BCUT2D eigenvalue weighted by molar-refractivity contribution is 5.89. The van der Waals surface area contributed by atoms with Crippen LogP contribution < -0.4 is 0 Å². The normalized spacial score (nSPS) is 20.0. The third-order valence-corrected chi connectivity index (χ3v) is 1.47. The number of esters is 2. The molecule has 0 aromatic heterocycles. The Morgan fingerprint density at radius 3 is 1.69 bits per heavy atom. The summed E-state index contributed by atoms with van der Waals surface area (Å²) in [6.45, 7) is 8.01. The minimum Gasteiger partial charge on any atom is -0.393 e. The van der Waals surface area contributed by atoms with Gasteiger partial charge in [0.1, 0.15) is 0 Å². The number of hydrogen-bond donors (Lipinski definition) is 0. The molecule has 1 saturated heterocycles. The van der Waals surface area contributed by atoms with Crippen LogP contribution in [0.5, 0.6) is 0 Å². The number of carbonyl (C=O) groups excluding carboxylic acids is 2. The second-order valence-corrected chi connectivity index (χ2v) is 4.07. The lowest BCUT2D eigenvalue weighted by Gasteiger charge is -2.25. The Morgan fingerprint density at radius 2 is 1.46 bits per heavy atom. The summed E-state index contributed by atoms with van der Waals surface area (Å²) >= 11 is 0. The van der Waals surface area contributed by atoms with E-state index in [4.69, 9.17) is 0 Å². The lowest BCUT2D eigenvalue weighted by atomic mass is 9.84. The average molecular weight is 186 g/mol. The second-order valence-electron chi connectivity index (χ2n) is 4.07. The molecule has 0 radical (unpaired) electrons. The van der Waals surface area contributed by atoms with Crippen molar-refractivity contribution in [2.75, 3.05) is 0 Å². The maximum Gasteiger partial charge on any atom is 0.313 e. The van der Waals surface area contributed by atoms with Crippen molar-refractivity contribution in [1.29, 1.82) is 0 Å². The molecular formula is C10H18O3. The highest BCUT2D eigenvalue weighted by Crippen LogP contribution is 2.29. The Balaban J connectivity index is 0.000000424. The topological polar surface area (TPSA) is 43.4 Å². The predicted molar refractivity (Wildman–Crippen MR) is 50.1 cm³/mol. The number of cyclic esters (lactones) is 2. The Morgan fingerprint density at radius 1 is 1.15 bits per heavy atom. The van der Waals surface area contributed by atoms with Crippen LogP contribution in [0.15, 0.2) is 0 Å². The first-order valence-electron chi connectivity index (χ1n) is 4.64. The van der Waals surface area contributed by atoms with E-state index in [2.05, 4.69) is 18.6 Å². The van der Waals surface area contributed by atoms with Crippen molar-refractivity contribution in [1.82, 2.24) is 0 Å². The first kappa shape index (κ1) is 12.1. The van der Waals surface area contributed by atoms with Gasteiger partial charge in [-0.2, -0.15) is 0 Å². The fourth-order valence-electron chi connectivity index (χ4n) is 1.04. The Kier molecular flexibility index (Phi) is 4.67. The molecule has 0 amide bonds. The van der Waals surface area contributed by atoms with Crippen molar-refractivity contribution < 1.29 is 14.3 Å². The zero-order chi connectivity index (χ0) is 10.5. The van der Waals surface area contributed by atoms with Crippen LogP contribution in [0.2, 0.25) is 0 Å². The van der Waals surface area contributed by atoms with Crippen LogP contribution in [0.1, 0.15) is 47.0 Å². The molecule has 13 heavy (non-hydrogen) atoms. The van der Waals surface area contributed by atoms with E-state index in [1.165, 1.54) is 6.42 Å². The van der Waals surface area contributed by atoms with Crippen LogP contribution in [0.3, 0.4) is 0 Å². The fraction of sp³-hybridized carbons (Fsp3) is 0.800. The van der Waals surface area contributed by atoms with Gasteiger partial charge in [-0.15, -0.1) is 0 Å². The van der Waals surface area contributed by atoms with Crippen molar-refractivity contribution in [2.24, 2.45) is 5.41 Å². The lowest BCUT2D eigenvalue weighted by molar-refractivity contribution is -0.168. The maximum atomic E-state index is 10.6. The molecule has 0 aromatic carbocycles. The molecule has 0 N–H and O–H groups in total. The van der Waals surface area contributed by atoms with Gasteiger partial charge >= 0.3 is 11.9 Å². The van der Waals surface area contributed by atoms with Crippen molar-refractivity contribution in [3.05, 3.63) is 0 Å². The van der Waals surface area contributed by atoms with E-state index in [0.717, 1.165) is 0 Å². The second kappa shape index (κ2) is 5.00. The summed E-state index contributed by atoms with van der Waals surface area (Å²) in [7, 11) is 0. The molecule has 1 aliphatic rings. The summed E-state index contributed by atoms with van der Waals surface area (Å²) < 4.78 is 4.34. The van der Waals surface area contributed by atoms with Crippen molar-refractivity contribution in [3.63, 3.8) is 0 Å². The molecule has 3 heteroatoms. The van der Waals surface area contributed by atoms with Gasteiger partial charge in [0, 0.05) is 0 Å². The van der Waals surface area contributed by atoms with E-state index in [0.29, 0.717) is 12.8 Å². The van der Waals surface area contributed by atoms with E-state index in [-0.39, 0.29) is 5.41 Å². The maximum absolute atomic E-state index is 10.6. The number of hydrogen-bond acceptors (Lipinski definition) is 3. The zero-order valence-corrected chi connectivity index (χ0v) is 8.85. The molecule has 0 aliphatic carbocycles. The largest absolute Gasteiger partial charge is 0.393 e. The molecular weight excluding hydrogens is 168 g/mol. The molecule has 1 rings (SSSR count). The molecule has 0 aromatic rings. The summed E-state index contributed by atoms with van der Waals surface area (Å²) in [6.07, 6.45) is 1.94. The minimum atomic E-state index is -0.402. The summed E-state index contributed by atoms with van der Waals surface area (Å²) in [4.78, 5) is 21.3. The SMILES string of the molecule is CC1(C)CC(=O)OC(=O)C1.CCC. The van der Waals surface area contributed by atoms with Gasteiger partial charge in [-0.1, -0.05) is 34.1 Å². The van der Waals surface area contributed by atoms with E-state index < -0.39 is 11.9 Å². The van der Waals surface area contributed by atoms with Crippen molar-refractivity contribution >= 4 is 11.9 Å². The van der Waals surface area contributed by atoms with Crippen LogP contribution in [-0.2, 0) is 14.3 Å². The Bertz CT molecular complexity index is 176. The van der Waals surface area contributed by atoms with E-state index in [9.17, 15) is 9.59 Å². The smallest absolute Gasteiger partial charge is 0.313 e. The highest BCUT2D eigenvalue weighted by Gasteiger charge is 2.33. The molecule has 76 valence electrons. The van der Waals surface area contributed by atoms with Gasteiger partial charge in [0.2, 0.25) is 0 Å². The number of carbonyl (C=O) groups is 2. The van der Waals surface area contributed by atoms with Gasteiger partial charge in [0.25, 0.3) is 0 Å². The van der Waals surface area contributed by atoms with Crippen molar-refractivity contribution in [2.45, 2.75) is 47.0 Å². The molecule has 1 aliphatic heterocycles. The fourth-order valence-corrected chi connectivity index (χ4v) is 1.04. The molecule has 3 nitrogen and oxygen atoms in total. The molecule has 0 atom stereocenters. The lowest BCUT2D eigenvalue weighted by Crippen LogP contribution is -2.30. The van der Waals surface area contributed by atoms with Gasteiger partial charge in [0.05, 0.1) is 12.8 Å². The summed E-state index contributed by atoms with van der Waals surface area (Å²) in [5.41, 5.74) is -0.202. The number of ether oxygens (including phenoxy) is 1. The van der Waals surface area contributed by atoms with Crippen LogP contribution >= 0.6 is 0 Å². The molecule has 1 heterocycles. The zero-order valence-electron chi connectivity index (χ0n) is 8.85. The first-order valence-corrected chi connectivity index (χ1v) is 4.64. The van der Waals surface area contributed by atoms with Crippen LogP contribution in [-0.4, -0.2) is 11.9 Å². The van der Waals surface area contributed by atoms with Gasteiger partial charge in [0.15, 0.2) is 0 Å². The van der Waals surface area contributed by atoms with Crippen LogP contribution in [0.4, 0.5) is 0 Å². The first-order chi connectivity index (χ1) is 5.91. The molecule has 0 bridgehead atoms. The number of rotatable bonds is 0. The summed E-state index contributed by atoms with van der Waals surface area (Å²) in [5.74, 6) is -0.803. The summed E-state index contributed by atoms with van der Waals surface area (Å²) in [6, 6.07) is 0. The van der Waals surface area contributed by atoms with Gasteiger partial charge < -0.3 is 4.74 Å². The molecule has 1 fully saturated rings. The molecule has 0 unspecified atom stereocenters. The summed E-state index contributed by atoms with van der Waals surface area (Å²) in [5, 5.41) is 0. The van der Waals surface area contributed by atoms with Crippen molar-refractivity contribution in [3.8, 4) is 0 Å². The van der Waals surface area contributed by atoms with Gasteiger partial charge in [-0.3, -0.25) is 9.59 Å². The van der Waals surface area contributed by atoms with Gasteiger partial charge in [-0.25, -0.2) is 0 Å². The van der Waals surface area contributed by atoms with E-state index in [1.54, 1.807) is 0 Å². The highest BCUT2D eigenvalue weighted by atomic mass is 16.6.